The summed E-state index contributed by atoms with van der Waals surface area (Å²) in [7, 11) is -3.56. The van der Waals surface area contributed by atoms with Gasteiger partial charge < -0.3 is 5.73 Å². The van der Waals surface area contributed by atoms with Crippen LogP contribution in [0.15, 0.2) is 24.3 Å². The maximum absolute atomic E-state index is 11.4. The summed E-state index contributed by atoms with van der Waals surface area (Å²) in [5.74, 6) is -0.730. The summed E-state index contributed by atoms with van der Waals surface area (Å²) < 4.78 is 23.5. The molecule has 0 aromatic heterocycles. The molecule has 0 heterocycles. The summed E-state index contributed by atoms with van der Waals surface area (Å²) in [6.07, 6.45) is 0.909. The van der Waals surface area contributed by atoms with E-state index in [0.29, 0.717) is 5.56 Å². The quantitative estimate of drug-likeness (QED) is 0.785. The second-order valence-corrected chi connectivity index (χ2v) is 5.38. The molecule has 0 radical (unpaired) electrons. The Balaban J connectivity index is 2.82. The van der Waals surface area contributed by atoms with Crippen molar-refractivity contribution in [2.75, 3.05) is 6.26 Å². The van der Waals surface area contributed by atoms with Gasteiger partial charge in [-0.05, 0) is 12.5 Å². The largest absolute Gasteiger partial charge is 0.316 e. The second-order valence-electron chi connectivity index (χ2n) is 3.63. The lowest BCUT2D eigenvalue weighted by atomic mass is 10.1. The molecule has 16 heavy (non-hydrogen) atoms. The predicted octanol–water partition coefficient (Wildman–Crippen LogP) is 0.0706. The summed E-state index contributed by atoms with van der Waals surface area (Å²) in [4.78, 5) is 11.4. The van der Waals surface area contributed by atoms with E-state index in [0.717, 1.165) is 11.8 Å². The highest BCUT2D eigenvalue weighted by atomic mass is 32.2. The van der Waals surface area contributed by atoms with Crippen molar-refractivity contribution >= 4 is 15.9 Å². The van der Waals surface area contributed by atoms with Gasteiger partial charge in [0.2, 0.25) is 10.0 Å². The molecule has 1 aromatic rings. The van der Waals surface area contributed by atoms with Crippen LogP contribution in [0.25, 0.3) is 0 Å². The maximum atomic E-state index is 11.4. The van der Waals surface area contributed by atoms with Crippen LogP contribution < -0.4 is 10.5 Å². The van der Waals surface area contributed by atoms with Crippen molar-refractivity contribution in [3.05, 3.63) is 35.4 Å². The zero-order valence-electron chi connectivity index (χ0n) is 9.10. The van der Waals surface area contributed by atoms with Gasteiger partial charge in [-0.2, -0.15) is 0 Å². The molecule has 5 nitrogen and oxygen atoms in total. The fraction of sp³-hybridized carbons (Fsp3) is 0.300. The van der Waals surface area contributed by atoms with Crippen LogP contribution in [-0.4, -0.2) is 20.6 Å². The Bertz CT molecular complexity index is 479. The van der Waals surface area contributed by atoms with E-state index in [2.05, 4.69) is 0 Å². The molecule has 3 N–H and O–H groups in total. The third-order valence-electron chi connectivity index (χ3n) is 2.00. The van der Waals surface area contributed by atoms with Gasteiger partial charge in [-0.25, -0.2) is 8.42 Å². The van der Waals surface area contributed by atoms with Crippen LogP contribution in [0, 0.1) is 6.92 Å². The number of benzene rings is 1. The number of sulfonamides is 1. The number of hydrogen-bond donors (Lipinski definition) is 2. The predicted molar refractivity (Wildman–Crippen MR) is 61.1 cm³/mol. The summed E-state index contributed by atoms with van der Waals surface area (Å²) in [5, 5.41) is 0. The standard InChI is InChI=1S/C10H14N2O3S/c1-7-3-5-8(6-4-7)9(11)10(13)12-16(2,14)15/h3-6,9H,11H2,1-2H3,(H,12,13). The van der Waals surface area contributed by atoms with E-state index in [1.807, 2.05) is 23.8 Å². The van der Waals surface area contributed by atoms with Crippen LogP contribution >= 0.6 is 0 Å². The second kappa shape index (κ2) is 4.63. The van der Waals surface area contributed by atoms with Crippen molar-refractivity contribution in [1.82, 2.24) is 4.72 Å². The molecular formula is C10H14N2O3S. The molecule has 1 amide bonds. The Morgan fingerprint density at radius 2 is 1.81 bits per heavy atom. The maximum Gasteiger partial charge on any atom is 0.254 e. The van der Waals surface area contributed by atoms with E-state index < -0.39 is 22.0 Å². The molecule has 0 saturated heterocycles. The van der Waals surface area contributed by atoms with Gasteiger partial charge >= 0.3 is 0 Å². The Morgan fingerprint density at radius 3 is 2.25 bits per heavy atom. The van der Waals surface area contributed by atoms with E-state index in [-0.39, 0.29) is 0 Å². The van der Waals surface area contributed by atoms with E-state index in [9.17, 15) is 13.2 Å². The van der Waals surface area contributed by atoms with Crippen LogP contribution in [0.1, 0.15) is 17.2 Å². The van der Waals surface area contributed by atoms with E-state index in [4.69, 9.17) is 5.73 Å². The number of hydrogen-bond acceptors (Lipinski definition) is 4. The monoisotopic (exact) mass is 242 g/mol. The highest BCUT2D eigenvalue weighted by Gasteiger charge is 2.18. The molecule has 1 rings (SSSR count). The number of nitrogens with two attached hydrogens (primary N) is 1. The van der Waals surface area contributed by atoms with Crippen molar-refractivity contribution in [1.29, 1.82) is 0 Å². The average molecular weight is 242 g/mol. The lowest BCUT2D eigenvalue weighted by Gasteiger charge is -2.11. The molecule has 0 aliphatic carbocycles. The molecule has 1 unspecified atom stereocenters. The fourth-order valence-electron chi connectivity index (χ4n) is 1.17. The van der Waals surface area contributed by atoms with Gasteiger partial charge in [0, 0.05) is 0 Å². The lowest BCUT2D eigenvalue weighted by Crippen LogP contribution is -2.37. The third-order valence-corrected chi connectivity index (χ3v) is 2.58. The Hall–Kier alpha value is -1.40. The van der Waals surface area contributed by atoms with Gasteiger partial charge in [0.1, 0.15) is 6.04 Å². The number of nitrogens with one attached hydrogen (secondary N) is 1. The van der Waals surface area contributed by atoms with Crippen molar-refractivity contribution < 1.29 is 13.2 Å². The molecule has 1 atom stereocenters. The fourth-order valence-corrected chi connectivity index (χ4v) is 1.66. The molecular weight excluding hydrogens is 228 g/mol. The van der Waals surface area contributed by atoms with E-state index in [1.165, 1.54) is 0 Å². The van der Waals surface area contributed by atoms with Crippen molar-refractivity contribution in [3.8, 4) is 0 Å². The number of amides is 1. The summed E-state index contributed by atoms with van der Waals surface area (Å²) in [5.41, 5.74) is 7.24. The topological polar surface area (TPSA) is 89.3 Å². The van der Waals surface area contributed by atoms with Gasteiger partial charge in [-0.15, -0.1) is 0 Å². The van der Waals surface area contributed by atoms with Crippen molar-refractivity contribution in [2.24, 2.45) is 5.73 Å². The van der Waals surface area contributed by atoms with Gasteiger partial charge in [-0.1, -0.05) is 29.8 Å². The highest BCUT2D eigenvalue weighted by molar-refractivity contribution is 7.89. The Labute approximate surface area is 94.7 Å². The number of carbonyl (C=O) groups excluding carboxylic acids is 1. The normalized spacial score (nSPS) is 13.2. The number of rotatable bonds is 3. The molecule has 0 aliphatic rings. The lowest BCUT2D eigenvalue weighted by molar-refractivity contribution is -0.120. The van der Waals surface area contributed by atoms with Gasteiger partial charge in [-0.3, -0.25) is 9.52 Å². The molecule has 0 aliphatic heterocycles. The summed E-state index contributed by atoms with van der Waals surface area (Å²) in [6.45, 7) is 1.91. The summed E-state index contributed by atoms with van der Waals surface area (Å²) >= 11 is 0. The van der Waals surface area contributed by atoms with Crippen LogP contribution in [-0.2, 0) is 14.8 Å². The van der Waals surface area contributed by atoms with E-state index in [1.54, 1.807) is 12.1 Å². The average Bonchev–Trinajstić information content (AvgIpc) is 2.15. The minimum absolute atomic E-state index is 0.576. The molecule has 6 heteroatoms. The zero-order chi connectivity index (χ0) is 12.3. The first-order chi connectivity index (χ1) is 7.29. The van der Waals surface area contributed by atoms with Crippen LogP contribution in [0.5, 0.6) is 0 Å². The van der Waals surface area contributed by atoms with Crippen LogP contribution in [0.3, 0.4) is 0 Å². The molecule has 0 saturated carbocycles. The van der Waals surface area contributed by atoms with Gasteiger partial charge in [0.05, 0.1) is 6.26 Å². The third kappa shape index (κ3) is 3.63. The first-order valence-corrected chi connectivity index (χ1v) is 6.52. The zero-order valence-corrected chi connectivity index (χ0v) is 9.91. The highest BCUT2D eigenvalue weighted by Crippen LogP contribution is 2.11. The van der Waals surface area contributed by atoms with Crippen LogP contribution in [0.2, 0.25) is 0 Å². The van der Waals surface area contributed by atoms with Gasteiger partial charge in [0.25, 0.3) is 5.91 Å². The SMILES string of the molecule is Cc1ccc(C(N)C(=O)NS(C)(=O)=O)cc1. The van der Waals surface area contributed by atoms with Crippen LogP contribution in [0.4, 0.5) is 0 Å². The minimum atomic E-state index is -3.56. The van der Waals surface area contributed by atoms with Crippen molar-refractivity contribution in [2.45, 2.75) is 13.0 Å². The molecule has 0 bridgehead atoms. The van der Waals surface area contributed by atoms with Gasteiger partial charge in [0.15, 0.2) is 0 Å². The minimum Gasteiger partial charge on any atom is -0.316 e. The molecule has 0 fully saturated rings. The Kier molecular flexibility index (Phi) is 3.66. The van der Waals surface area contributed by atoms with E-state index >= 15 is 0 Å². The van der Waals surface area contributed by atoms with Crippen molar-refractivity contribution in [3.63, 3.8) is 0 Å². The smallest absolute Gasteiger partial charge is 0.254 e. The number of aryl methyl sites for hydroxylation is 1. The Morgan fingerprint density at radius 1 is 1.31 bits per heavy atom. The first-order valence-electron chi connectivity index (χ1n) is 4.63. The molecule has 88 valence electrons. The number of carbonyl (C=O) groups is 1. The first kappa shape index (κ1) is 12.7. The summed E-state index contributed by atoms with van der Waals surface area (Å²) in [6, 6.07) is 6.03. The molecule has 1 aromatic carbocycles. The molecule has 0 spiro atoms.